The van der Waals surface area contributed by atoms with Gasteiger partial charge in [0.15, 0.2) is 0 Å². The smallest absolute Gasteiger partial charge is 0.328 e. The number of benzene rings is 1. The molecule has 4 heteroatoms. The summed E-state index contributed by atoms with van der Waals surface area (Å²) in [6.45, 7) is 2.95. The van der Waals surface area contributed by atoms with E-state index >= 15 is 0 Å². The van der Waals surface area contributed by atoms with Crippen LogP contribution in [-0.2, 0) is 11.3 Å². The van der Waals surface area contributed by atoms with E-state index < -0.39 is 5.97 Å². The highest BCUT2D eigenvalue weighted by Gasteiger charge is 1.96. The SMILES string of the molecule is C/C(=C/C(=O)O)CNCc1ccc(C#N)cc1. The Hall–Kier alpha value is -2.12. The first-order chi connectivity index (χ1) is 8.11. The van der Waals surface area contributed by atoms with Crippen molar-refractivity contribution in [3.05, 3.63) is 47.0 Å². The van der Waals surface area contributed by atoms with E-state index in [9.17, 15) is 4.79 Å². The molecule has 1 aromatic carbocycles. The quantitative estimate of drug-likeness (QED) is 0.755. The van der Waals surface area contributed by atoms with Crippen LogP contribution in [-0.4, -0.2) is 17.6 Å². The molecule has 2 N–H and O–H groups in total. The lowest BCUT2D eigenvalue weighted by Gasteiger charge is -2.04. The Morgan fingerprint density at radius 2 is 2.12 bits per heavy atom. The van der Waals surface area contributed by atoms with Crippen molar-refractivity contribution < 1.29 is 9.90 Å². The van der Waals surface area contributed by atoms with Gasteiger partial charge in [-0.15, -0.1) is 0 Å². The largest absolute Gasteiger partial charge is 0.478 e. The summed E-state index contributed by atoms with van der Waals surface area (Å²) in [5.74, 6) is -0.928. The van der Waals surface area contributed by atoms with E-state index in [4.69, 9.17) is 10.4 Å². The molecule has 0 unspecified atom stereocenters. The third-order valence-electron chi connectivity index (χ3n) is 2.19. The van der Waals surface area contributed by atoms with Gasteiger partial charge in [-0.25, -0.2) is 4.79 Å². The molecule has 0 aliphatic carbocycles. The van der Waals surface area contributed by atoms with Crippen LogP contribution in [0.1, 0.15) is 18.1 Å². The first-order valence-electron chi connectivity index (χ1n) is 5.21. The van der Waals surface area contributed by atoms with Gasteiger partial charge in [0.2, 0.25) is 0 Å². The van der Waals surface area contributed by atoms with Gasteiger partial charge in [0, 0.05) is 19.2 Å². The predicted octanol–water partition coefficient (Wildman–Crippen LogP) is 1.68. The summed E-state index contributed by atoms with van der Waals surface area (Å²) in [7, 11) is 0. The number of hydrogen-bond donors (Lipinski definition) is 2. The maximum Gasteiger partial charge on any atom is 0.328 e. The van der Waals surface area contributed by atoms with Crippen LogP contribution in [0.15, 0.2) is 35.9 Å². The Bertz CT molecular complexity index is 455. The molecule has 0 saturated carbocycles. The van der Waals surface area contributed by atoms with Gasteiger partial charge in [0.05, 0.1) is 11.6 Å². The molecule has 0 amide bonds. The minimum atomic E-state index is -0.928. The van der Waals surface area contributed by atoms with Crippen molar-refractivity contribution in [3.8, 4) is 6.07 Å². The standard InChI is InChI=1S/C13H14N2O2/c1-10(6-13(16)17)8-15-9-12-4-2-11(7-14)3-5-12/h2-6,15H,8-9H2,1H3,(H,16,17)/b10-6-. The molecule has 0 spiro atoms. The van der Waals surface area contributed by atoms with Gasteiger partial charge in [-0.05, 0) is 24.6 Å². The number of hydrogen-bond acceptors (Lipinski definition) is 3. The van der Waals surface area contributed by atoms with E-state index in [0.29, 0.717) is 18.7 Å². The van der Waals surface area contributed by atoms with Crippen LogP contribution in [0, 0.1) is 11.3 Å². The number of nitrogens with one attached hydrogen (secondary N) is 1. The predicted molar refractivity (Wildman–Crippen MR) is 64.3 cm³/mol. The van der Waals surface area contributed by atoms with E-state index in [2.05, 4.69) is 11.4 Å². The summed E-state index contributed by atoms with van der Waals surface area (Å²) < 4.78 is 0. The highest BCUT2D eigenvalue weighted by Crippen LogP contribution is 2.03. The zero-order valence-electron chi connectivity index (χ0n) is 9.60. The molecule has 1 aromatic rings. The third-order valence-corrected chi connectivity index (χ3v) is 2.19. The molecule has 17 heavy (non-hydrogen) atoms. The van der Waals surface area contributed by atoms with E-state index in [1.807, 2.05) is 12.1 Å². The molecule has 0 aliphatic heterocycles. The zero-order chi connectivity index (χ0) is 12.7. The molecule has 0 saturated heterocycles. The fraction of sp³-hybridized carbons (Fsp3) is 0.231. The van der Waals surface area contributed by atoms with Gasteiger partial charge < -0.3 is 10.4 Å². The average Bonchev–Trinajstić information content (AvgIpc) is 2.29. The molecule has 0 aliphatic rings. The average molecular weight is 230 g/mol. The lowest BCUT2D eigenvalue weighted by atomic mass is 10.1. The lowest BCUT2D eigenvalue weighted by molar-refractivity contribution is -0.131. The molecule has 0 fully saturated rings. The first kappa shape index (κ1) is 12.9. The van der Waals surface area contributed by atoms with Gasteiger partial charge in [-0.2, -0.15) is 5.26 Å². The normalized spacial score (nSPS) is 10.9. The third kappa shape index (κ3) is 4.96. The van der Waals surface area contributed by atoms with E-state index in [-0.39, 0.29) is 0 Å². The van der Waals surface area contributed by atoms with Crippen molar-refractivity contribution in [2.45, 2.75) is 13.5 Å². The Labute approximate surface area is 100 Å². The van der Waals surface area contributed by atoms with Crippen LogP contribution in [0.5, 0.6) is 0 Å². The van der Waals surface area contributed by atoms with Gasteiger partial charge in [0.25, 0.3) is 0 Å². The minimum absolute atomic E-state index is 0.534. The molecule has 0 aromatic heterocycles. The van der Waals surface area contributed by atoms with Crippen LogP contribution in [0.2, 0.25) is 0 Å². The minimum Gasteiger partial charge on any atom is -0.478 e. The maximum atomic E-state index is 10.4. The number of nitrogens with zero attached hydrogens (tertiary/aromatic N) is 1. The topological polar surface area (TPSA) is 73.1 Å². The molecule has 1 rings (SSSR count). The second-order valence-electron chi connectivity index (χ2n) is 3.74. The number of carboxylic acids is 1. The summed E-state index contributed by atoms with van der Waals surface area (Å²) in [5.41, 5.74) is 2.47. The van der Waals surface area contributed by atoms with Gasteiger partial charge in [-0.3, -0.25) is 0 Å². The van der Waals surface area contributed by atoms with Crippen LogP contribution >= 0.6 is 0 Å². The van der Waals surface area contributed by atoms with Gasteiger partial charge in [-0.1, -0.05) is 17.7 Å². The van der Waals surface area contributed by atoms with E-state index in [1.54, 1.807) is 19.1 Å². The van der Waals surface area contributed by atoms with E-state index in [0.717, 1.165) is 11.1 Å². The molecule has 0 radical (unpaired) electrons. The lowest BCUT2D eigenvalue weighted by Crippen LogP contribution is -2.16. The molecule has 0 bridgehead atoms. The van der Waals surface area contributed by atoms with Crippen LogP contribution in [0.4, 0.5) is 0 Å². The summed E-state index contributed by atoms with van der Waals surface area (Å²) in [6, 6.07) is 9.33. The fourth-order valence-electron chi connectivity index (χ4n) is 1.36. The van der Waals surface area contributed by atoms with Crippen molar-refractivity contribution >= 4 is 5.97 Å². The molecular weight excluding hydrogens is 216 g/mol. The monoisotopic (exact) mass is 230 g/mol. The highest BCUT2D eigenvalue weighted by atomic mass is 16.4. The summed E-state index contributed by atoms with van der Waals surface area (Å²) >= 11 is 0. The summed E-state index contributed by atoms with van der Waals surface area (Å²) in [4.78, 5) is 10.4. The Balaban J connectivity index is 2.41. The summed E-state index contributed by atoms with van der Waals surface area (Å²) in [5, 5.41) is 20.3. The number of carbonyl (C=O) groups is 1. The van der Waals surface area contributed by atoms with E-state index in [1.165, 1.54) is 6.08 Å². The summed E-state index contributed by atoms with van der Waals surface area (Å²) in [6.07, 6.45) is 1.19. The van der Waals surface area contributed by atoms with Crippen LogP contribution in [0.3, 0.4) is 0 Å². The number of rotatable bonds is 5. The van der Waals surface area contributed by atoms with Crippen molar-refractivity contribution in [1.29, 1.82) is 5.26 Å². The first-order valence-corrected chi connectivity index (χ1v) is 5.21. The molecular formula is C13H14N2O2. The number of nitriles is 1. The van der Waals surface area contributed by atoms with Crippen molar-refractivity contribution in [3.63, 3.8) is 0 Å². The zero-order valence-corrected chi connectivity index (χ0v) is 9.60. The second-order valence-corrected chi connectivity index (χ2v) is 3.74. The van der Waals surface area contributed by atoms with Crippen molar-refractivity contribution in [2.75, 3.05) is 6.54 Å². The van der Waals surface area contributed by atoms with Crippen molar-refractivity contribution in [1.82, 2.24) is 5.32 Å². The van der Waals surface area contributed by atoms with Crippen LogP contribution < -0.4 is 5.32 Å². The highest BCUT2D eigenvalue weighted by molar-refractivity contribution is 5.80. The number of aliphatic carboxylic acids is 1. The Morgan fingerprint density at radius 3 is 2.65 bits per heavy atom. The van der Waals surface area contributed by atoms with Crippen LogP contribution in [0.25, 0.3) is 0 Å². The molecule has 4 nitrogen and oxygen atoms in total. The number of carboxylic acid groups (broad SMARTS) is 1. The molecule has 0 atom stereocenters. The molecule has 0 heterocycles. The maximum absolute atomic E-state index is 10.4. The second kappa shape index (κ2) is 6.46. The fourth-order valence-corrected chi connectivity index (χ4v) is 1.36. The Kier molecular flexibility index (Phi) is 4.92. The van der Waals surface area contributed by atoms with Gasteiger partial charge >= 0.3 is 5.97 Å². The van der Waals surface area contributed by atoms with Gasteiger partial charge in [0.1, 0.15) is 0 Å². The van der Waals surface area contributed by atoms with Crippen molar-refractivity contribution in [2.24, 2.45) is 0 Å². The molecule has 88 valence electrons. The Morgan fingerprint density at radius 1 is 1.47 bits per heavy atom.